The fourth-order valence-corrected chi connectivity index (χ4v) is 4.00. The molecule has 0 radical (unpaired) electrons. The van der Waals surface area contributed by atoms with Gasteiger partial charge in [0.05, 0.1) is 10.6 Å². The summed E-state index contributed by atoms with van der Waals surface area (Å²) in [7, 11) is -3.41. The summed E-state index contributed by atoms with van der Waals surface area (Å²) in [5, 5.41) is 3.15. The van der Waals surface area contributed by atoms with Crippen molar-refractivity contribution in [2.45, 2.75) is 36.6 Å². The first-order valence-electron chi connectivity index (χ1n) is 7.39. The summed E-state index contributed by atoms with van der Waals surface area (Å²) in [5.41, 5.74) is 5.93. The monoisotopic (exact) mass is 344 g/mol. The van der Waals surface area contributed by atoms with E-state index >= 15 is 0 Å². The minimum atomic E-state index is -3.41. The molecule has 3 N–H and O–H groups in total. The minimum absolute atomic E-state index is 0.0866. The van der Waals surface area contributed by atoms with E-state index in [1.54, 1.807) is 0 Å². The quantitative estimate of drug-likeness (QED) is 0.822. The Labute approximate surface area is 136 Å². The molecule has 22 heavy (non-hydrogen) atoms. The second-order valence-electron chi connectivity index (χ2n) is 5.68. The van der Waals surface area contributed by atoms with E-state index in [2.05, 4.69) is 5.32 Å². The highest BCUT2D eigenvalue weighted by atomic mass is 35.5. The average molecular weight is 345 g/mol. The smallest absolute Gasteiger partial charge is 0.220 e. The fraction of sp³-hybridized carbons (Fsp3) is 0.533. The second-order valence-corrected chi connectivity index (χ2v) is 8.23. The van der Waals surface area contributed by atoms with E-state index in [1.807, 2.05) is 0 Å². The molecule has 122 valence electrons. The molecule has 0 unspecified atom stereocenters. The minimum Gasteiger partial charge on any atom is -0.355 e. The van der Waals surface area contributed by atoms with Crippen LogP contribution in [0, 0.1) is 5.92 Å². The van der Waals surface area contributed by atoms with E-state index in [0.717, 1.165) is 19.3 Å². The van der Waals surface area contributed by atoms with Gasteiger partial charge >= 0.3 is 0 Å². The first kappa shape index (κ1) is 17.2. The second kappa shape index (κ2) is 7.44. The molecule has 1 aromatic carbocycles. The van der Waals surface area contributed by atoms with E-state index in [9.17, 15) is 13.2 Å². The zero-order valence-corrected chi connectivity index (χ0v) is 13.9. The molecular weight excluding hydrogens is 324 g/mol. The van der Waals surface area contributed by atoms with E-state index in [4.69, 9.17) is 17.3 Å². The molecule has 0 heterocycles. The van der Waals surface area contributed by atoms with Crippen LogP contribution in [0.2, 0.25) is 5.02 Å². The van der Waals surface area contributed by atoms with Crippen molar-refractivity contribution in [2.24, 2.45) is 11.7 Å². The molecule has 2 rings (SSSR count). The Balaban J connectivity index is 1.80. The third kappa shape index (κ3) is 4.69. The highest BCUT2D eigenvalue weighted by Crippen LogP contribution is 2.26. The Morgan fingerprint density at radius 3 is 2.55 bits per heavy atom. The van der Waals surface area contributed by atoms with E-state index < -0.39 is 9.84 Å². The third-order valence-corrected chi connectivity index (χ3v) is 6.02. The Kier molecular flexibility index (Phi) is 5.83. The highest BCUT2D eigenvalue weighted by molar-refractivity contribution is 7.91. The molecule has 1 aliphatic rings. The number of sulfone groups is 1. The molecule has 0 aliphatic heterocycles. The third-order valence-electron chi connectivity index (χ3n) is 4.03. The summed E-state index contributed by atoms with van der Waals surface area (Å²) in [6, 6.07) is 6.10. The first-order valence-corrected chi connectivity index (χ1v) is 9.42. The molecule has 0 aromatic heterocycles. The van der Waals surface area contributed by atoms with Crippen molar-refractivity contribution in [1.29, 1.82) is 0 Å². The number of nitrogens with one attached hydrogen (secondary N) is 1. The predicted octanol–water partition coefficient (Wildman–Crippen LogP) is 1.75. The van der Waals surface area contributed by atoms with Crippen molar-refractivity contribution in [2.75, 3.05) is 12.3 Å². The summed E-state index contributed by atoms with van der Waals surface area (Å²) in [6.07, 6.45) is 3.37. The number of carbonyl (C=O) groups is 1. The SMILES string of the molecule is N[C@@H]1CCC[C@H]1CC(=O)NCCS(=O)(=O)c1ccc(Cl)cc1. The van der Waals surface area contributed by atoms with Gasteiger partial charge in [0.25, 0.3) is 0 Å². The van der Waals surface area contributed by atoms with Gasteiger partial charge in [-0.1, -0.05) is 18.0 Å². The zero-order valence-electron chi connectivity index (χ0n) is 12.3. The van der Waals surface area contributed by atoms with Gasteiger partial charge < -0.3 is 11.1 Å². The van der Waals surface area contributed by atoms with Crippen molar-refractivity contribution in [1.82, 2.24) is 5.32 Å². The number of rotatable bonds is 6. The summed E-state index contributed by atoms with van der Waals surface area (Å²) in [5.74, 6) is -0.0431. The molecule has 1 amide bonds. The summed E-state index contributed by atoms with van der Waals surface area (Å²) >= 11 is 5.74. The molecule has 5 nitrogen and oxygen atoms in total. The normalized spacial score (nSPS) is 21.7. The van der Waals surface area contributed by atoms with Gasteiger partial charge in [0.2, 0.25) is 5.91 Å². The molecule has 1 aliphatic carbocycles. The molecule has 1 aromatic rings. The van der Waals surface area contributed by atoms with E-state index in [0.29, 0.717) is 11.4 Å². The summed E-state index contributed by atoms with van der Waals surface area (Å²) < 4.78 is 24.2. The number of nitrogens with two attached hydrogens (primary N) is 1. The molecule has 7 heteroatoms. The van der Waals surface area contributed by atoms with Crippen LogP contribution in [-0.4, -0.2) is 32.7 Å². The number of hydrogen-bond donors (Lipinski definition) is 2. The maximum atomic E-state index is 12.1. The van der Waals surface area contributed by atoms with Crippen LogP contribution >= 0.6 is 11.6 Å². The number of halogens is 1. The molecule has 1 saturated carbocycles. The van der Waals surface area contributed by atoms with Crippen LogP contribution in [-0.2, 0) is 14.6 Å². The number of carbonyl (C=O) groups excluding carboxylic acids is 1. The lowest BCUT2D eigenvalue weighted by atomic mass is 10.00. The maximum Gasteiger partial charge on any atom is 0.220 e. The van der Waals surface area contributed by atoms with Gasteiger partial charge in [-0.2, -0.15) is 0 Å². The predicted molar refractivity (Wildman–Crippen MR) is 86.4 cm³/mol. The molecule has 2 atom stereocenters. The van der Waals surface area contributed by atoms with Crippen LogP contribution in [0.4, 0.5) is 0 Å². The zero-order chi connectivity index (χ0) is 16.2. The van der Waals surface area contributed by atoms with Crippen molar-refractivity contribution in [3.63, 3.8) is 0 Å². The van der Waals surface area contributed by atoms with Gasteiger partial charge in [-0.3, -0.25) is 4.79 Å². The van der Waals surface area contributed by atoms with Gasteiger partial charge in [-0.05, 0) is 43.0 Å². The average Bonchev–Trinajstić information content (AvgIpc) is 2.84. The molecule has 0 spiro atoms. The van der Waals surface area contributed by atoms with Crippen molar-refractivity contribution < 1.29 is 13.2 Å². The van der Waals surface area contributed by atoms with Gasteiger partial charge in [-0.15, -0.1) is 0 Å². The molecule has 0 bridgehead atoms. The molecular formula is C15H21ClN2O3S. The van der Waals surface area contributed by atoms with Crippen LogP contribution in [0.1, 0.15) is 25.7 Å². The van der Waals surface area contributed by atoms with Gasteiger partial charge in [0.1, 0.15) is 0 Å². The number of amides is 1. The standard InChI is InChI=1S/C15H21ClN2O3S/c16-12-4-6-13(7-5-12)22(20,21)9-8-18-15(19)10-11-2-1-3-14(11)17/h4-7,11,14H,1-3,8-10,17H2,(H,18,19)/t11-,14+/m0/s1. The maximum absolute atomic E-state index is 12.1. The molecule has 0 saturated heterocycles. The fourth-order valence-electron chi connectivity index (χ4n) is 2.71. The lowest BCUT2D eigenvalue weighted by molar-refractivity contribution is -0.121. The van der Waals surface area contributed by atoms with E-state index in [-0.39, 0.29) is 35.1 Å². The highest BCUT2D eigenvalue weighted by Gasteiger charge is 2.26. The van der Waals surface area contributed by atoms with Crippen molar-refractivity contribution in [3.05, 3.63) is 29.3 Å². The largest absolute Gasteiger partial charge is 0.355 e. The summed E-state index contributed by atoms with van der Waals surface area (Å²) in [4.78, 5) is 12.0. The van der Waals surface area contributed by atoms with Crippen LogP contribution < -0.4 is 11.1 Å². The first-order chi connectivity index (χ1) is 10.4. The van der Waals surface area contributed by atoms with Crippen LogP contribution in [0.5, 0.6) is 0 Å². The topological polar surface area (TPSA) is 89.3 Å². The van der Waals surface area contributed by atoms with E-state index in [1.165, 1.54) is 24.3 Å². The Hall–Kier alpha value is -1.11. The lowest BCUT2D eigenvalue weighted by Crippen LogP contribution is -2.33. The van der Waals surface area contributed by atoms with Gasteiger partial charge in [-0.25, -0.2) is 8.42 Å². The van der Waals surface area contributed by atoms with Crippen molar-refractivity contribution in [3.8, 4) is 0 Å². The Morgan fingerprint density at radius 1 is 1.27 bits per heavy atom. The van der Waals surface area contributed by atoms with Gasteiger partial charge in [0, 0.05) is 24.0 Å². The molecule has 1 fully saturated rings. The number of hydrogen-bond acceptors (Lipinski definition) is 4. The van der Waals surface area contributed by atoms with Crippen molar-refractivity contribution >= 4 is 27.3 Å². The lowest BCUT2D eigenvalue weighted by Gasteiger charge is -2.14. The van der Waals surface area contributed by atoms with Crippen LogP contribution in [0.25, 0.3) is 0 Å². The van der Waals surface area contributed by atoms with Crippen LogP contribution in [0.3, 0.4) is 0 Å². The Bertz CT molecular complexity index is 616. The van der Waals surface area contributed by atoms with Crippen LogP contribution in [0.15, 0.2) is 29.2 Å². The Morgan fingerprint density at radius 2 is 1.95 bits per heavy atom. The number of benzene rings is 1. The van der Waals surface area contributed by atoms with Gasteiger partial charge in [0.15, 0.2) is 9.84 Å². The summed E-state index contributed by atoms with van der Waals surface area (Å²) in [6.45, 7) is 0.103.